The van der Waals surface area contributed by atoms with Crippen LogP contribution in [0.4, 0.5) is 0 Å². The summed E-state index contributed by atoms with van der Waals surface area (Å²) in [5.74, 6) is -0.184. The summed E-state index contributed by atoms with van der Waals surface area (Å²) in [4.78, 5) is 15.7. The highest BCUT2D eigenvalue weighted by atomic mass is 79.9. The molecule has 0 aliphatic rings. The molecule has 0 saturated heterocycles. The molecule has 0 unspecified atom stereocenters. The Morgan fingerprint density at radius 1 is 1.53 bits per heavy atom. The Bertz CT molecular complexity index is 358. The van der Waals surface area contributed by atoms with E-state index < -0.39 is 0 Å². The van der Waals surface area contributed by atoms with Gasteiger partial charge in [-0.25, -0.2) is 4.98 Å². The average molecular weight is 301 g/mol. The molecule has 0 aliphatic carbocycles. The minimum absolute atomic E-state index is 0.184. The first-order chi connectivity index (χ1) is 8.25. The Morgan fingerprint density at radius 3 is 3.06 bits per heavy atom. The summed E-state index contributed by atoms with van der Waals surface area (Å²) in [6, 6.07) is 3.56. The maximum absolute atomic E-state index is 11.7. The van der Waals surface area contributed by atoms with Crippen molar-refractivity contribution in [1.29, 1.82) is 0 Å². The number of hydrogen-bond acceptors (Lipinski definition) is 3. The lowest BCUT2D eigenvalue weighted by Gasteiger charge is -2.06. The van der Waals surface area contributed by atoms with E-state index in [0.29, 0.717) is 23.3 Å². The Kier molecular flexibility index (Phi) is 6.81. The van der Waals surface area contributed by atoms with Crippen LogP contribution in [-0.2, 0) is 4.74 Å². The van der Waals surface area contributed by atoms with Crippen molar-refractivity contribution in [2.75, 3.05) is 19.8 Å². The fourth-order valence-corrected chi connectivity index (χ4v) is 1.66. The third kappa shape index (κ3) is 5.28. The Labute approximate surface area is 110 Å². The molecule has 1 aromatic heterocycles. The fraction of sp³-hybridized carbons (Fsp3) is 0.500. The second kappa shape index (κ2) is 8.20. The molecule has 1 rings (SSSR count). The largest absolute Gasteiger partial charge is 0.380 e. The number of nitrogens with zero attached hydrogens (tertiary/aromatic N) is 1. The Morgan fingerprint density at radius 2 is 2.35 bits per heavy atom. The van der Waals surface area contributed by atoms with Crippen LogP contribution in [-0.4, -0.2) is 30.6 Å². The van der Waals surface area contributed by atoms with Gasteiger partial charge in [0.2, 0.25) is 0 Å². The molecule has 94 valence electrons. The van der Waals surface area contributed by atoms with E-state index in [2.05, 4.69) is 33.2 Å². The van der Waals surface area contributed by atoms with Crippen LogP contribution in [0.25, 0.3) is 0 Å². The van der Waals surface area contributed by atoms with Gasteiger partial charge in [0.15, 0.2) is 0 Å². The van der Waals surface area contributed by atoms with Crippen molar-refractivity contribution >= 4 is 21.8 Å². The third-order valence-electron chi connectivity index (χ3n) is 2.15. The summed E-state index contributed by atoms with van der Waals surface area (Å²) >= 11 is 3.29. The molecular weight excluding hydrogens is 284 g/mol. The van der Waals surface area contributed by atoms with Gasteiger partial charge in [0.25, 0.3) is 5.91 Å². The number of pyridine rings is 1. The van der Waals surface area contributed by atoms with E-state index in [0.717, 1.165) is 19.4 Å². The van der Waals surface area contributed by atoms with Crippen LogP contribution in [0.2, 0.25) is 0 Å². The molecule has 1 heterocycles. The summed E-state index contributed by atoms with van der Waals surface area (Å²) in [7, 11) is 0. The van der Waals surface area contributed by atoms with Crippen LogP contribution >= 0.6 is 15.9 Å². The number of amides is 1. The van der Waals surface area contributed by atoms with Gasteiger partial charge in [-0.2, -0.15) is 0 Å². The van der Waals surface area contributed by atoms with Crippen LogP contribution < -0.4 is 5.32 Å². The van der Waals surface area contributed by atoms with Crippen molar-refractivity contribution in [1.82, 2.24) is 10.3 Å². The van der Waals surface area contributed by atoms with Crippen molar-refractivity contribution in [3.63, 3.8) is 0 Å². The Balaban J connectivity index is 2.24. The highest BCUT2D eigenvalue weighted by Crippen LogP contribution is 2.12. The number of unbranched alkanes of at least 4 members (excludes halogenated alkanes) is 1. The van der Waals surface area contributed by atoms with E-state index in [9.17, 15) is 4.79 Å². The molecule has 5 heteroatoms. The SMILES string of the molecule is CCCCOCCNC(=O)c1ncccc1Br. The highest BCUT2D eigenvalue weighted by Gasteiger charge is 2.09. The molecule has 4 nitrogen and oxygen atoms in total. The molecule has 0 radical (unpaired) electrons. The molecule has 1 N–H and O–H groups in total. The number of aromatic nitrogens is 1. The average Bonchev–Trinajstić information content (AvgIpc) is 2.34. The first kappa shape index (κ1) is 14.1. The van der Waals surface area contributed by atoms with Crippen LogP contribution in [0.15, 0.2) is 22.8 Å². The molecule has 17 heavy (non-hydrogen) atoms. The molecule has 0 bridgehead atoms. The van der Waals surface area contributed by atoms with E-state index in [1.54, 1.807) is 18.3 Å². The monoisotopic (exact) mass is 300 g/mol. The second-order valence-corrected chi connectivity index (χ2v) is 4.41. The van der Waals surface area contributed by atoms with Gasteiger partial charge in [-0.1, -0.05) is 13.3 Å². The van der Waals surface area contributed by atoms with Crippen molar-refractivity contribution in [3.8, 4) is 0 Å². The standard InChI is InChI=1S/C12H17BrN2O2/c1-2-3-8-17-9-7-15-12(16)11-10(13)5-4-6-14-11/h4-6H,2-3,7-9H2,1H3,(H,15,16). The van der Waals surface area contributed by atoms with Crippen LogP contribution in [0.3, 0.4) is 0 Å². The molecular formula is C12H17BrN2O2. The zero-order valence-corrected chi connectivity index (χ0v) is 11.5. The van der Waals surface area contributed by atoms with Crippen LogP contribution in [0.1, 0.15) is 30.3 Å². The van der Waals surface area contributed by atoms with E-state index in [-0.39, 0.29) is 5.91 Å². The van der Waals surface area contributed by atoms with Gasteiger partial charge in [-0.05, 0) is 34.5 Å². The van der Waals surface area contributed by atoms with Crippen LogP contribution in [0, 0.1) is 0 Å². The summed E-state index contributed by atoms with van der Waals surface area (Å²) < 4.78 is 6.04. The third-order valence-corrected chi connectivity index (χ3v) is 2.79. The van der Waals surface area contributed by atoms with Gasteiger partial charge in [-0.3, -0.25) is 4.79 Å². The zero-order valence-electron chi connectivity index (χ0n) is 9.91. The minimum atomic E-state index is -0.184. The smallest absolute Gasteiger partial charge is 0.271 e. The van der Waals surface area contributed by atoms with Crippen molar-refractivity contribution < 1.29 is 9.53 Å². The lowest BCUT2D eigenvalue weighted by molar-refractivity contribution is 0.0907. The van der Waals surface area contributed by atoms with Gasteiger partial charge in [0.05, 0.1) is 6.61 Å². The number of halogens is 1. The van der Waals surface area contributed by atoms with E-state index in [1.165, 1.54) is 0 Å². The topological polar surface area (TPSA) is 51.2 Å². The zero-order chi connectivity index (χ0) is 12.5. The molecule has 0 spiro atoms. The molecule has 0 aliphatic heterocycles. The normalized spacial score (nSPS) is 10.2. The minimum Gasteiger partial charge on any atom is -0.380 e. The lowest BCUT2D eigenvalue weighted by Crippen LogP contribution is -2.28. The second-order valence-electron chi connectivity index (χ2n) is 3.56. The van der Waals surface area contributed by atoms with Gasteiger partial charge in [0, 0.05) is 23.8 Å². The number of carbonyl (C=O) groups excluding carboxylic acids is 1. The summed E-state index contributed by atoms with van der Waals surface area (Å²) in [6.45, 7) is 3.91. The Hall–Kier alpha value is -0.940. The number of rotatable bonds is 7. The van der Waals surface area contributed by atoms with Crippen molar-refractivity contribution in [2.24, 2.45) is 0 Å². The van der Waals surface area contributed by atoms with Gasteiger partial charge >= 0.3 is 0 Å². The maximum atomic E-state index is 11.7. The molecule has 0 fully saturated rings. The molecule has 0 atom stereocenters. The van der Waals surface area contributed by atoms with Crippen molar-refractivity contribution in [3.05, 3.63) is 28.5 Å². The quantitative estimate of drug-likeness (QED) is 0.787. The highest BCUT2D eigenvalue weighted by molar-refractivity contribution is 9.10. The molecule has 0 saturated carbocycles. The van der Waals surface area contributed by atoms with Gasteiger partial charge in [-0.15, -0.1) is 0 Å². The van der Waals surface area contributed by atoms with E-state index in [1.807, 2.05) is 0 Å². The van der Waals surface area contributed by atoms with E-state index >= 15 is 0 Å². The van der Waals surface area contributed by atoms with Gasteiger partial charge in [0.1, 0.15) is 5.69 Å². The first-order valence-corrected chi connectivity index (χ1v) is 6.51. The predicted octanol–water partition coefficient (Wildman–Crippen LogP) is 2.39. The number of nitrogens with one attached hydrogen (secondary N) is 1. The molecule has 1 amide bonds. The van der Waals surface area contributed by atoms with E-state index in [4.69, 9.17) is 4.74 Å². The summed E-state index contributed by atoms with van der Waals surface area (Å²) in [6.07, 6.45) is 3.77. The van der Waals surface area contributed by atoms with Crippen LogP contribution in [0.5, 0.6) is 0 Å². The maximum Gasteiger partial charge on any atom is 0.271 e. The lowest BCUT2D eigenvalue weighted by atomic mass is 10.3. The van der Waals surface area contributed by atoms with Gasteiger partial charge < -0.3 is 10.1 Å². The number of ether oxygens (including phenoxy) is 1. The molecule has 0 aromatic carbocycles. The summed E-state index contributed by atoms with van der Waals surface area (Å²) in [5, 5.41) is 2.76. The first-order valence-electron chi connectivity index (χ1n) is 5.72. The fourth-order valence-electron chi connectivity index (χ4n) is 1.22. The summed E-state index contributed by atoms with van der Waals surface area (Å²) in [5.41, 5.74) is 0.404. The van der Waals surface area contributed by atoms with Crippen molar-refractivity contribution in [2.45, 2.75) is 19.8 Å². The number of carbonyl (C=O) groups is 1. The number of hydrogen-bond donors (Lipinski definition) is 1. The molecule has 1 aromatic rings. The predicted molar refractivity (Wildman–Crippen MR) is 70.0 cm³/mol.